The van der Waals surface area contributed by atoms with Gasteiger partial charge in [-0.1, -0.05) is 37.8 Å². The normalized spacial score (nSPS) is 16.3. The zero-order chi connectivity index (χ0) is 19.4. The Kier molecular flexibility index (Phi) is 5.81. The van der Waals surface area contributed by atoms with E-state index in [9.17, 15) is 4.79 Å². The first-order chi connectivity index (χ1) is 12.8. The van der Waals surface area contributed by atoms with Crippen LogP contribution in [-0.4, -0.2) is 35.2 Å². The van der Waals surface area contributed by atoms with E-state index < -0.39 is 14.2 Å². The molecule has 1 aromatic heterocycles. The highest BCUT2D eigenvalue weighted by Gasteiger charge is 2.29. The molecule has 6 nitrogen and oxygen atoms in total. The number of benzene rings is 1. The maximum Gasteiger partial charge on any atom is 0.419 e. The molecule has 0 N–H and O–H groups in total. The minimum Gasteiger partial charge on any atom is -0.410 e. The van der Waals surface area contributed by atoms with Crippen LogP contribution in [0.4, 0.5) is 4.79 Å². The molecule has 1 aliphatic rings. The monoisotopic (exact) mass is 385 g/mol. The summed E-state index contributed by atoms with van der Waals surface area (Å²) < 4.78 is 13.2. The van der Waals surface area contributed by atoms with Gasteiger partial charge in [0, 0.05) is 20.9 Å². The predicted octanol–water partition coefficient (Wildman–Crippen LogP) is 4.74. The van der Waals surface area contributed by atoms with Gasteiger partial charge in [0.2, 0.25) is 0 Å². The maximum atomic E-state index is 12.5. The molecule has 7 heteroatoms. The Balaban J connectivity index is 1.63. The van der Waals surface area contributed by atoms with Gasteiger partial charge in [-0.25, -0.2) is 9.78 Å². The number of amides is 1. The fourth-order valence-electron chi connectivity index (χ4n) is 2.83. The Morgan fingerprint density at radius 3 is 2.67 bits per heavy atom. The highest BCUT2D eigenvalue weighted by atomic mass is 28.3. The van der Waals surface area contributed by atoms with E-state index in [0.717, 1.165) is 24.0 Å². The van der Waals surface area contributed by atoms with Crippen LogP contribution in [-0.2, 0) is 11.5 Å². The Hall–Kier alpha value is -2.38. The lowest BCUT2D eigenvalue weighted by Gasteiger charge is -2.27. The lowest BCUT2D eigenvalue weighted by molar-refractivity contribution is 0.0865. The first kappa shape index (κ1) is 19.4. The molecular weight excluding hydrogens is 358 g/mol. The number of carbonyl (C=O) groups is 1. The summed E-state index contributed by atoms with van der Waals surface area (Å²) in [7, 11) is -1.09. The van der Waals surface area contributed by atoms with Crippen LogP contribution in [0, 0.1) is 0 Å². The summed E-state index contributed by atoms with van der Waals surface area (Å²) in [5.74, 6) is 0.523. The van der Waals surface area contributed by atoms with Crippen molar-refractivity contribution in [2.24, 2.45) is 0 Å². The third kappa shape index (κ3) is 4.87. The second kappa shape index (κ2) is 8.10. The zero-order valence-electron chi connectivity index (χ0n) is 16.4. The molecule has 3 rings (SSSR count). The number of nitrogens with zero attached hydrogens (tertiary/aromatic N) is 3. The number of carbonyl (C=O) groups excluding carboxylic acids is 1. The number of hydrogen-bond acceptors (Lipinski definition) is 4. The summed E-state index contributed by atoms with van der Waals surface area (Å²) in [6, 6.07) is 9.99. The van der Waals surface area contributed by atoms with Gasteiger partial charge in [-0.3, -0.25) is 4.90 Å². The van der Waals surface area contributed by atoms with Gasteiger partial charge < -0.3 is 14.0 Å². The van der Waals surface area contributed by atoms with E-state index >= 15 is 0 Å². The summed E-state index contributed by atoms with van der Waals surface area (Å²) in [5.41, 5.74) is 1.82. The predicted molar refractivity (Wildman–Crippen MR) is 108 cm³/mol. The van der Waals surface area contributed by atoms with Crippen molar-refractivity contribution in [1.82, 2.24) is 14.5 Å². The van der Waals surface area contributed by atoms with Crippen LogP contribution >= 0.6 is 0 Å². The quantitative estimate of drug-likeness (QED) is 0.532. The summed E-state index contributed by atoms with van der Waals surface area (Å²) in [4.78, 5) is 18.5. The SMILES string of the molecule is CC1c2ncn(COCC[Si](C)(C)C)c2C=CN1C(=O)Oc1ccccc1. The lowest BCUT2D eigenvalue weighted by atomic mass is 10.1. The van der Waals surface area contributed by atoms with Crippen LogP contribution in [0.25, 0.3) is 6.08 Å². The Morgan fingerprint density at radius 1 is 1.22 bits per heavy atom. The summed E-state index contributed by atoms with van der Waals surface area (Å²) in [6.45, 7) is 10.2. The Bertz CT molecular complexity index is 812. The standard InChI is InChI=1S/C20H27N3O3Si/c1-16-19-18(22(14-21-19)15-25-12-13-27(2,3)4)10-11-23(16)20(24)26-17-8-6-5-7-9-17/h5-11,14,16H,12-13,15H2,1-4H3. The summed E-state index contributed by atoms with van der Waals surface area (Å²) in [5, 5.41) is 0. The molecule has 1 atom stereocenters. The second-order valence-electron chi connectivity index (χ2n) is 7.91. The van der Waals surface area contributed by atoms with Gasteiger partial charge in [0.25, 0.3) is 0 Å². The van der Waals surface area contributed by atoms with Crippen LogP contribution in [0.2, 0.25) is 25.7 Å². The largest absolute Gasteiger partial charge is 0.419 e. The van der Waals surface area contributed by atoms with Gasteiger partial charge in [-0.2, -0.15) is 0 Å². The molecule has 27 heavy (non-hydrogen) atoms. The van der Waals surface area contributed by atoms with Crippen molar-refractivity contribution in [3.05, 3.63) is 54.2 Å². The van der Waals surface area contributed by atoms with Gasteiger partial charge >= 0.3 is 6.09 Å². The number of hydrogen-bond donors (Lipinski definition) is 0. The third-order valence-electron chi connectivity index (χ3n) is 4.50. The molecule has 2 heterocycles. The minimum atomic E-state index is -1.09. The second-order valence-corrected chi connectivity index (χ2v) is 13.5. The molecule has 1 unspecified atom stereocenters. The molecule has 1 aliphatic heterocycles. The van der Waals surface area contributed by atoms with E-state index in [0.29, 0.717) is 12.5 Å². The molecule has 0 saturated heterocycles. The molecule has 0 saturated carbocycles. The molecule has 0 radical (unpaired) electrons. The lowest BCUT2D eigenvalue weighted by Crippen LogP contribution is -2.33. The molecule has 0 fully saturated rings. The molecule has 0 bridgehead atoms. The Labute approximate surface area is 161 Å². The molecule has 1 aromatic carbocycles. The average molecular weight is 386 g/mol. The summed E-state index contributed by atoms with van der Waals surface area (Å²) >= 11 is 0. The van der Waals surface area contributed by atoms with Crippen molar-refractivity contribution >= 4 is 20.2 Å². The Morgan fingerprint density at radius 2 is 1.96 bits per heavy atom. The van der Waals surface area contributed by atoms with Gasteiger partial charge in [0.05, 0.1) is 23.8 Å². The van der Waals surface area contributed by atoms with Gasteiger partial charge in [0.1, 0.15) is 12.5 Å². The smallest absolute Gasteiger partial charge is 0.410 e. The highest BCUT2D eigenvalue weighted by Crippen LogP contribution is 2.29. The molecule has 144 valence electrons. The molecule has 1 amide bonds. The first-order valence-electron chi connectivity index (χ1n) is 9.21. The topological polar surface area (TPSA) is 56.6 Å². The first-order valence-corrected chi connectivity index (χ1v) is 12.9. The summed E-state index contributed by atoms with van der Waals surface area (Å²) in [6.07, 6.45) is 4.98. The number of fused-ring (bicyclic) bond motifs is 1. The van der Waals surface area contributed by atoms with Crippen molar-refractivity contribution in [2.45, 2.75) is 45.4 Å². The zero-order valence-corrected chi connectivity index (χ0v) is 17.4. The van der Waals surface area contributed by atoms with E-state index in [1.807, 2.05) is 35.8 Å². The van der Waals surface area contributed by atoms with E-state index in [1.54, 1.807) is 29.6 Å². The van der Waals surface area contributed by atoms with Crippen molar-refractivity contribution in [2.75, 3.05) is 6.61 Å². The molecular formula is C20H27N3O3Si. The molecule has 2 aromatic rings. The fraction of sp³-hybridized carbons (Fsp3) is 0.400. The van der Waals surface area contributed by atoms with Gasteiger partial charge in [-0.15, -0.1) is 0 Å². The van der Waals surface area contributed by atoms with Crippen LogP contribution in [0.5, 0.6) is 5.75 Å². The van der Waals surface area contributed by atoms with Crippen LogP contribution in [0.1, 0.15) is 24.4 Å². The van der Waals surface area contributed by atoms with Gasteiger partial charge in [-0.05, 0) is 31.2 Å². The van der Waals surface area contributed by atoms with Crippen LogP contribution in [0.3, 0.4) is 0 Å². The number of ether oxygens (including phenoxy) is 2. The van der Waals surface area contributed by atoms with E-state index in [1.165, 1.54) is 0 Å². The number of para-hydroxylation sites is 1. The van der Waals surface area contributed by atoms with Gasteiger partial charge in [0.15, 0.2) is 0 Å². The molecule has 0 spiro atoms. The number of aromatic nitrogens is 2. The van der Waals surface area contributed by atoms with Crippen molar-refractivity contribution in [1.29, 1.82) is 0 Å². The van der Waals surface area contributed by atoms with Crippen LogP contribution in [0.15, 0.2) is 42.9 Å². The van der Waals surface area contributed by atoms with Crippen molar-refractivity contribution < 1.29 is 14.3 Å². The van der Waals surface area contributed by atoms with E-state index in [2.05, 4.69) is 24.6 Å². The molecule has 0 aliphatic carbocycles. The average Bonchev–Trinajstić information content (AvgIpc) is 3.03. The number of imidazole rings is 1. The minimum absolute atomic E-state index is 0.204. The van der Waals surface area contributed by atoms with E-state index in [-0.39, 0.29) is 6.04 Å². The third-order valence-corrected chi connectivity index (χ3v) is 6.20. The van der Waals surface area contributed by atoms with Crippen molar-refractivity contribution in [3.8, 4) is 5.75 Å². The highest BCUT2D eigenvalue weighted by molar-refractivity contribution is 6.76. The van der Waals surface area contributed by atoms with Crippen molar-refractivity contribution in [3.63, 3.8) is 0 Å². The number of rotatable bonds is 6. The van der Waals surface area contributed by atoms with E-state index in [4.69, 9.17) is 9.47 Å². The maximum absolute atomic E-state index is 12.5. The fourth-order valence-corrected chi connectivity index (χ4v) is 3.58. The van der Waals surface area contributed by atoms with Crippen LogP contribution < -0.4 is 4.74 Å².